The monoisotopic (exact) mass is 1080 g/mol. The van der Waals surface area contributed by atoms with E-state index in [0.717, 1.165) is 110 Å². The number of para-hydroxylation sites is 1. The van der Waals surface area contributed by atoms with Gasteiger partial charge in [0.25, 0.3) is 0 Å². The number of hydrogen-bond acceptors (Lipinski definition) is 13. The standard InChI is InChI=1S/C58H68ClN12O5P/c1-66-36-41(33-61-66)44-31-47(63-57-60-34-45(59)55(65-57)62-46-15-14-40(30-52(46)77(4,5)75)38-10-7-6-8-11-38)51(76-3)32-50(44)70-28-22-42(23-29-70)69-26-18-37(19-27-69)35-68-24-20-39(21-25-68)43-12-9-13-48-54(43)67(2)58(74)71(48)49-16-17-53(72)64-56(49)73/h6-15,30-34,36-37,39,42,49H,16-29,35H2,1-5H3,(H,64,72,73)(H2,60,62,63,65). The van der Waals surface area contributed by atoms with E-state index in [0.29, 0.717) is 63.5 Å². The van der Waals surface area contributed by atoms with Crippen LogP contribution in [0.1, 0.15) is 68.9 Å². The van der Waals surface area contributed by atoms with Gasteiger partial charge in [0.1, 0.15) is 24.0 Å². The summed E-state index contributed by atoms with van der Waals surface area (Å²) in [5, 5.41) is 14.8. The number of carbonyl (C=O) groups excluding carboxylic acids is 2. The van der Waals surface area contributed by atoms with Gasteiger partial charge in [0, 0.05) is 80.6 Å². The maximum absolute atomic E-state index is 13.7. The molecule has 0 radical (unpaired) electrons. The first kappa shape index (κ1) is 52.3. The van der Waals surface area contributed by atoms with E-state index in [1.807, 2.05) is 84.8 Å². The third-order valence-corrected chi connectivity index (χ3v) is 18.2. The van der Waals surface area contributed by atoms with Crippen LogP contribution in [0.4, 0.5) is 28.8 Å². The fourth-order valence-corrected chi connectivity index (χ4v) is 13.6. The first-order chi connectivity index (χ1) is 37.2. The van der Waals surface area contributed by atoms with E-state index in [4.69, 9.17) is 21.3 Å². The second-order valence-electron chi connectivity index (χ2n) is 21.7. The topological polar surface area (TPSA) is 177 Å². The average Bonchev–Trinajstić information content (AvgIpc) is 4.05. The van der Waals surface area contributed by atoms with Crippen molar-refractivity contribution in [2.24, 2.45) is 20.0 Å². The van der Waals surface area contributed by atoms with Crippen LogP contribution in [-0.2, 0) is 28.2 Å². The molecule has 2 amide bonds. The van der Waals surface area contributed by atoms with Crippen LogP contribution < -0.4 is 36.6 Å². The molecule has 402 valence electrons. The number of nitrogens with one attached hydrogen (secondary N) is 3. The minimum atomic E-state index is -2.73. The summed E-state index contributed by atoms with van der Waals surface area (Å²) in [6.45, 7) is 10.7. The number of carbonyl (C=O) groups is 2. The number of nitrogens with zero attached hydrogens (tertiary/aromatic N) is 9. The Hall–Kier alpha value is -6.78. The zero-order chi connectivity index (χ0) is 53.5. The van der Waals surface area contributed by atoms with E-state index in [1.54, 1.807) is 42.8 Å². The summed E-state index contributed by atoms with van der Waals surface area (Å²) >= 11 is 6.73. The number of imidazole rings is 1. The van der Waals surface area contributed by atoms with E-state index in [9.17, 15) is 18.9 Å². The molecule has 4 saturated heterocycles. The number of rotatable bonds is 14. The van der Waals surface area contributed by atoms with Crippen molar-refractivity contribution < 1.29 is 18.9 Å². The first-order valence-corrected chi connectivity index (χ1v) is 29.9. The maximum atomic E-state index is 13.7. The number of imide groups is 1. The number of fused-ring (bicyclic) bond motifs is 1. The number of likely N-dealkylation sites (tertiary alicyclic amines) is 2. The summed E-state index contributed by atoms with van der Waals surface area (Å²) in [7, 11) is 2.67. The minimum Gasteiger partial charge on any atom is -0.494 e. The third-order valence-electron chi connectivity index (χ3n) is 16.4. The minimum absolute atomic E-state index is 0.215. The molecule has 3 N–H and O–H groups in total. The molecule has 3 aromatic heterocycles. The van der Waals surface area contributed by atoms with Crippen LogP contribution in [0.2, 0.25) is 5.02 Å². The van der Waals surface area contributed by atoms with Gasteiger partial charge in [-0.3, -0.25) is 28.7 Å². The van der Waals surface area contributed by atoms with Gasteiger partial charge in [0.2, 0.25) is 17.8 Å². The normalized spacial score (nSPS) is 18.7. The number of methoxy groups -OCH3 is 1. The molecule has 0 bridgehead atoms. The molecule has 77 heavy (non-hydrogen) atoms. The molecule has 7 heterocycles. The summed E-state index contributed by atoms with van der Waals surface area (Å²) in [6.07, 6.45) is 12.6. The van der Waals surface area contributed by atoms with Gasteiger partial charge in [0.15, 0.2) is 5.82 Å². The first-order valence-electron chi connectivity index (χ1n) is 27.0. The van der Waals surface area contributed by atoms with Crippen molar-refractivity contribution in [2.75, 3.05) is 81.8 Å². The Bertz CT molecular complexity index is 3440. The Morgan fingerprint density at radius 3 is 2.26 bits per heavy atom. The van der Waals surface area contributed by atoms with Gasteiger partial charge in [-0.05, 0) is 137 Å². The molecular weight excluding hydrogens is 1010 g/mol. The molecule has 0 spiro atoms. The van der Waals surface area contributed by atoms with Gasteiger partial charge >= 0.3 is 5.69 Å². The zero-order valence-corrected chi connectivity index (χ0v) is 46.2. The summed E-state index contributed by atoms with van der Waals surface area (Å²) < 4.78 is 24.9. The number of halogens is 1. The molecule has 0 saturated carbocycles. The summed E-state index contributed by atoms with van der Waals surface area (Å²) in [6, 6.07) is 26.1. The maximum Gasteiger partial charge on any atom is 0.329 e. The largest absolute Gasteiger partial charge is 0.494 e. The Morgan fingerprint density at radius 1 is 0.792 bits per heavy atom. The van der Waals surface area contributed by atoms with Crippen LogP contribution in [-0.4, -0.2) is 123 Å². The van der Waals surface area contributed by atoms with Crippen molar-refractivity contribution in [3.63, 3.8) is 0 Å². The van der Waals surface area contributed by atoms with Gasteiger partial charge in [-0.1, -0.05) is 60.1 Å². The van der Waals surface area contributed by atoms with Crippen molar-refractivity contribution in [1.82, 2.24) is 44.0 Å². The summed E-state index contributed by atoms with van der Waals surface area (Å²) in [4.78, 5) is 55.6. The lowest BCUT2D eigenvalue weighted by atomic mass is 9.87. The molecule has 11 rings (SSSR count). The molecule has 17 nitrogen and oxygen atoms in total. The van der Waals surface area contributed by atoms with Crippen molar-refractivity contribution in [2.45, 2.75) is 69.4 Å². The molecule has 4 aromatic carbocycles. The Morgan fingerprint density at radius 2 is 1.56 bits per heavy atom. The number of aryl methyl sites for hydroxylation is 2. The molecule has 1 atom stereocenters. The van der Waals surface area contributed by atoms with Crippen molar-refractivity contribution in [3.05, 3.63) is 119 Å². The number of piperidine rings is 4. The van der Waals surface area contributed by atoms with Crippen LogP contribution in [0.15, 0.2) is 102 Å². The lowest BCUT2D eigenvalue weighted by Gasteiger charge is -2.43. The Kier molecular flexibility index (Phi) is 14.9. The quantitative estimate of drug-likeness (QED) is 0.0695. The predicted molar refractivity (Wildman–Crippen MR) is 306 cm³/mol. The second-order valence-corrected chi connectivity index (χ2v) is 25.3. The lowest BCUT2D eigenvalue weighted by molar-refractivity contribution is -0.135. The molecular formula is C58H68ClN12O5P. The van der Waals surface area contributed by atoms with E-state index in [1.165, 1.54) is 18.4 Å². The van der Waals surface area contributed by atoms with Gasteiger partial charge in [-0.15, -0.1) is 0 Å². The highest BCUT2D eigenvalue weighted by molar-refractivity contribution is 7.70. The second kappa shape index (κ2) is 21.9. The van der Waals surface area contributed by atoms with E-state index in [-0.39, 0.29) is 18.0 Å². The summed E-state index contributed by atoms with van der Waals surface area (Å²) in [5.74, 6) is 1.64. The number of hydrogen-bond donors (Lipinski definition) is 3. The number of benzene rings is 4. The van der Waals surface area contributed by atoms with Crippen LogP contribution in [0.25, 0.3) is 33.3 Å². The van der Waals surface area contributed by atoms with Crippen LogP contribution >= 0.6 is 18.7 Å². The van der Waals surface area contributed by atoms with Gasteiger partial charge in [-0.2, -0.15) is 10.1 Å². The van der Waals surface area contributed by atoms with E-state index in [2.05, 4.69) is 58.9 Å². The van der Waals surface area contributed by atoms with Crippen molar-refractivity contribution in [1.29, 1.82) is 0 Å². The molecule has 4 fully saturated rings. The van der Waals surface area contributed by atoms with E-state index >= 15 is 0 Å². The third kappa shape index (κ3) is 10.9. The van der Waals surface area contributed by atoms with Gasteiger partial charge < -0.3 is 34.6 Å². The highest BCUT2D eigenvalue weighted by atomic mass is 35.5. The molecule has 4 aliphatic rings. The fourth-order valence-electron chi connectivity index (χ4n) is 12.3. The fraction of sp³-hybridized carbons (Fsp3) is 0.414. The van der Waals surface area contributed by atoms with Crippen LogP contribution in [0.3, 0.4) is 0 Å². The summed E-state index contributed by atoms with van der Waals surface area (Å²) in [5.41, 5.74) is 9.08. The predicted octanol–water partition coefficient (Wildman–Crippen LogP) is 9.13. The highest BCUT2D eigenvalue weighted by Crippen LogP contribution is 2.44. The zero-order valence-electron chi connectivity index (χ0n) is 44.5. The number of anilines is 5. The smallest absolute Gasteiger partial charge is 0.329 e. The SMILES string of the molecule is COc1cc(N2CCC(N3CCC(CN4CCC(c5cccc6c5n(C)c(=O)n6C5CCC(=O)NC5=O)CC4)CC3)CC2)c(-c2cnn(C)c2)cc1Nc1ncc(Cl)c(Nc2ccc(-c3ccccc3)cc2P(C)(C)=O)n1. The Labute approximate surface area is 454 Å². The van der Waals surface area contributed by atoms with Crippen LogP contribution in [0, 0.1) is 5.92 Å². The van der Waals surface area contributed by atoms with Crippen LogP contribution in [0.5, 0.6) is 5.75 Å². The molecule has 1 unspecified atom stereocenters. The Balaban J connectivity index is 0.715. The van der Waals surface area contributed by atoms with Gasteiger partial charge in [-0.25, -0.2) is 9.78 Å². The molecule has 19 heteroatoms. The number of amides is 2. The van der Waals surface area contributed by atoms with Gasteiger partial charge in [0.05, 0.1) is 41.9 Å². The number of aromatic nitrogens is 6. The van der Waals surface area contributed by atoms with Crippen molar-refractivity contribution >= 4 is 75.7 Å². The molecule has 4 aliphatic heterocycles. The van der Waals surface area contributed by atoms with Crippen molar-refractivity contribution in [3.8, 4) is 28.0 Å². The van der Waals surface area contributed by atoms with E-state index < -0.39 is 19.1 Å². The molecule has 7 aromatic rings. The highest BCUT2D eigenvalue weighted by Gasteiger charge is 2.35. The number of ether oxygens (including phenoxy) is 1. The average molecular weight is 1080 g/mol. The lowest BCUT2D eigenvalue weighted by Crippen LogP contribution is -2.49. The molecule has 0 aliphatic carbocycles.